The zero-order valence-corrected chi connectivity index (χ0v) is 10.8. The maximum Gasteiger partial charge on any atom is 0.126 e. The van der Waals surface area contributed by atoms with E-state index in [4.69, 9.17) is 5.73 Å². The van der Waals surface area contributed by atoms with Gasteiger partial charge in [0.25, 0.3) is 0 Å². The molecule has 0 aliphatic carbocycles. The van der Waals surface area contributed by atoms with Crippen molar-refractivity contribution < 1.29 is 0 Å². The summed E-state index contributed by atoms with van der Waals surface area (Å²) in [5.41, 5.74) is 7.87. The average Bonchev–Trinajstić information content (AvgIpc) is 2.74. The molecule has 1 aromatic carbocycles. The van der Waals surface area contributed by atoms with E-state index >= 15 is 0 Å². The topological polar surface area (TPSA) is 54.7 Å². The van der Waals surface area contributed by atoms with Crippen LogP contribution in [0, 0.1) is 0 Å². The number of H-pyrrole nitrogens is 1. The van der Waals surface area contributed by atoms with Crippen molar-refractivity contribution in [1.82, 2.24) is 10.2 Å². The molecule has 84 valence electrons. The minimum absolute atomic E-state index is 0.615. The monoisotopic (exact) mass is 251 g/mol. The van der Waals surface area contributed by atoms with Crippen LogP contribution < -0.4 is 5.73 Å². The van der Waals surface area contributed by atoms with Gasteiger partial charge in [-0.15, -0.1) is 23.5 Å². The Morgan fingerprint density at radius 2 is 1.94 bits per heavy atom. The van der Waals surface area contributed by atoms with E-state index in [9.17, 15) is 0 Å². The molecule has 0 aliphatic heterocycles. The van der Waals surface area contributed by atoms with Crippen LogP contribution in [0.15, 0.2) is 34.2 Å². The van der Waals surface area contributed by atoms with Crippen LogP contribution >= 0.6 is 23.5 Å². The Morgan fingerprint density at radius 1 is 1.19 bits per heavy atom. The first kappa shape index (κ1) is 11.4. The van der Waals surface area contributed by atoms with Gasteiger partial charge >= 0.3 is 0 Å². The molecule has 3 nitrogen and oxygen atoms in total. The van der Waals surface area contributed by atoms with Crippen molar-refractivity contribution in [3.63, 3.8) is 0 Å². The van der Waals surface area contributed by atoms with Crippen molar-refractivity contribution in [3.8, 4) is 11.1 Å². The Hall–Kier alpha value is -1.07. The number of rotatable bonds is 3. The molecule has 0 atom stereocenters. The van der Waals surface area contributed by atoms with Crippen LogP contribution in [-0.4, -0.2) is 22.7 Å². The van der Waals surface area contributed by atoms with Gasteiger partial charge in [-0.3, -0.25) is 5.10 Å². The number of nitrogens with zero attached hydrogens (tertiary/aromatic N) is 1. The zero-order chi connectivity index (χ0) is 11.5. The Morgan fingerprint density at radius 3 is 2.50 bits per heavy atom. The number of thioether (sulfide) groups is 2. The van der Waals surface area contributed by atoms with Crippen molar-refractivity contribution in [3.05, 3.63) is 24.4 Å². The Balaban J connectivity index is 2.48. The Bertz CT molecular complexity index is 494. The third kappa shape index (κ3) is 2.05. The predicted molar refractivity (Wildman–Crippen MR) is 72.0 cm³/mol. The predicted octanol–water partition coefficient (Wildman–Crippen LogP) is 3.10. The smallest absolute Gasteiger partial charge is 0.126 e. The van der Waals surface area contributed by atoms with E-state index in [1.807, 2.05) is 0 Å². The molecule has 0 amide bonds. The number of aromatic nitrogens is 2. The van der Waals surface area contributed by atoms with Crippen LogP contribution in [0.2, 0.25) is 0 Å². The lowest BCUT2D eigenvalue weighted by Gasteiger charge is -2.07. The highest BCUT2D eigenvalue weighted by atomic mass is 32.2. The van der Waals surface area contributed by atoms with Crippen molar-refractivity contribution in [2.45, 2.75) is 9.79 Å². The summed E-state index contributed by atoms with van der Waals surface area (Å²) in [5, 5.41) is 6.68. The molecule has 0 aliphatic rings. The molecule has 0 unspecified atom stereocenters. The van der Waals surface area contributed by atoms with Crippen LogP contribution in [0.3, 0.4) is 0 Å². The van der Waals surface area contributed by atoms with E-state index in [0.29, 0.717) is 5.82 Å². The van der Waals surface area contributed by atoms with Crippen LogP contribution in [0.4, 0.5) is 5.82 Å². The van der Waals surface area contributed by atoms with Gasteiger partial charge in [-0.05, 0) is 30.2 Å². The lowest BCUT2D eigenvalue weighted by molar-refractivity contribution is 1.10. The summed E-state index contributed by atoms with van der Waals surface area (Å²) in [5.74, 6) is 0.615. The van der Waals surface area contributed by atoms with Crippen molar-refractivity contribution >= 4 is 29.3 Å². The van der Waals surface area contributed by atoms with Gasteiger partial charge in [0, 0.05) is 15.4 Å². The van der Waals surface area contributed by atoms with E-state index in [1.165, 1.54) is 9.79 Å². The standard InChI is InChI=1S/C11H13N3S2/c1-15-9-4-3-7(5-10(9)16-2)8-6-13-14-11(8)12/h3-6H,1-2H3,(H3,12,13,14). The fourth-order valence-corrected chi connectivity index (χ4v) is 3.01. The number of hydrogen-bond acceptors (Lipinski definition) is 4. The molecule has 0 fully saturated rings. The average molecular weight is 251 g/mol. The molecule has 0 radical (unpaired) electrons. The fraction of sp³-hybridized carbons (Fsp3) is 0.182. The highest BCUT2D eigenvalue weighted by Crippen LogP contribution is 2.33. The summed E-state index contributed by atoms with van der Waals surface area (Å²) in [6, 6.07) is 6.35. The van der Waals surface area contributed by atoms with Gasteiger partial charge < -0.3 is 5.73 Å². The van der Waals surface area contributed by atoms with E-state index in [2.05, 4.69) is 40.9 Å². The Kier molecular flexibility index (Phi) is 3.46. The van der Waals surface area contributed by atoms with Gasteiger partial charge in [-0.1, -0.05) is 6.07 Å². The quantitative estimate of drug-likeness (QED) is 0.823. The highest BCUT2D eigenvalue weighted by molar-refractivity contribution is 8.01. The molecule has 2 rings (SSSR count). The lowest BCUT2D eigenvalue weighted by atomic mass is 10.1. The van der Waals surface area contributed by atoms with Crippen molar-refractivity contribution in [2.75, 3.05) is 18.2 Å². The third-order valence-corrected chi connectivity index (χ3v) is 4.07. The summed E-state index contributed by atoms with van der Waals surface area (Å²) in [4.78, 5) is 2.56. The van der Waals surface area contributed by atoms with Gasteiger partial charge in [0.05, 0.1) is 6.20 Å². The lowest BCUT2D eigenvalue weighted by Crippen LogP contribution is -1.88. The first-order chi connectivity index (χ1) is 7.76. The third-order valence-electron chi connectivity index (χ3n) is 2.36. The number of nitrogens with two attached hydrogens (primary N) is 1. The molecule has 2 aromatic rings. The number of hydrogen-bond donors (Lipinski definition) is 2. The normalized spacial score (nSPS) is 10.6. The van der Waals surface area contributed by atoms with Gasteiger partial charge in [0.1, 0.15) is 5.82 Å². The van der Waals surface area contributed by atoms with Crippen molar-refractivity contribution in [1.29, 1.82) is 0 Å². The second-order valence-corrected chi connectivity index (χ2v) is 4.96. The minimum atomic E-state index is 0.615. The SMILES string of the molecule is CSc1ccc(-c2cn[nH]c2N)cc1SC. The number of nitrogen functional groups attached to an aromatic ring is 1. The molecule has 0 spiro atoms. The summed E-state index contributed by atoms with van der Waals surface area (Å²) in [7, 11) is 0. The van der Waals surface area contributed by atoms with Crippen LogP contribution in [0.5, 0.6) is 0 Å². The van der Waals surface area contributed by atoms with E-state index < -0.39 is 0 Å². The summed E-state index contributed by atoms with van der Waals surface area (Å²) in [6.07, 6.45) is 5.92. The van der Waals surface area contributed by atoms with Crippen molar-refractivity contribution in [2.24, 2.45) is 0 Å². The molecule has 0 saturated heterocycles. The first-order valence-electron chi connectivity index (χ1n) is 4.77. The number of nitrogens with one attached hydrogen (secondary N) is 1. The minimum Gasteiger partial charge on any atom is -0.384 e. The van der Waals surface area contributed by atoms with Gasteiger partial charge in [0.15, 0.2) is 0 Å². The summed E-state index contributed by atoms with van der Waals surface area (Å²) < 4.78 is 0. The van der Waals surface area contributed by atoms with Crippen LogP contribution in [0.25, 0.3) is 11.1 Å². The van der Waals surface area contributed by atoms with E-state index in [0.717, 1.165) is 11.1 Å². The number of aromatic amines is 1. The van der Waals surface area contributed by atoms with Gasteiger partial charge in [0.2, 0.25) is 0 Å². The molecule has 0 bridgehead atoms. The maximum atomic E-state index is 5.80. The van der Waals surface area contributed by atoms with E-state index in [1.54, 1.807) is 29.7 Å². The Labute approximate surface area is 103 Å². The van der Waals surface area contributed by atoms with E-state index in [-0.39, 0.29) is 0 Å². The molecule has 16 heavy (non-hydrogen) atoms. The van der Waals surface area contributed by atoms with Crippen LogP contribution in [0.1, 0.15) is 0 Å². The zero-order valence-electron chi connectivity index (χ0n) is 9.15. The molecule has 0 saturated carbocycles. The highest BCUT2D eigenvalue weighted by Gasteiger charge is 2.07. The second-order valence-electron chi connectivity index (χ2n) is 3.27. The van der Waals surface area contributed by atoms with Gasteiger partial charge in [-0.2, -0.15) is 5.10 Å². The molecular formula is C11H13N3S2. The summed E-state index contributed by atoms with van der Waals surface area (Å²) in [6.45, 7) is 0. The van der Waals surface area contributed by atoms with Crippen LogP contribution in [-0.2, 0) is 0 Å². The van der Waals surface area contributed by atoms with Gasteiger partial charge in [-0.25, -0.2) is 0 Å². The number of anilines is 1. The molecule has 1 aromatic heterocycles. The molecule has 5 heteroatoms. The molecular weight excluding hydrogens is 238 g/mol. The first-order valence-corrected chi connectivity index (χ1v) is 7.22. The largest absolute Gasteiger partial charge is 0.384 e. The summed E-state index contributed by atoms with van der Waals surface area (Å²) >= 11 is 3.50. The molecule has 1 heterocycles. The molecule has 3 N–H and O–H groups in total. The second kappa shape index (κ2) is 4.84. The number of benzene rings is 1. The maximum absolute atomic E-state index is 5.80. The fourth-order valence-electron chi connectivity index (χ4n) is 1.53.